The minimum Gasteiger partial charge on any atom is -0.384 e. The van der Waals surface area contributed by atoms with Crippen LogP contribution in [0.5, 0.6) is 0 Å². The van der Waals surface area contributed by atoms with E-state index < -0.39 is 0 Å². The van der Waals surface area contributed by atoms with Gasteiger partial charge in [0.25, 0.3) is 0 Å². The Morgan fingerprint density at radius 3 is 2.94 bits per heavy atom. The second-order valence-corrected chi connectivity index (χ2v) is 4.76. The molecule has 2 N–H and O–H groups in total. The molecule has 2 aromatic rings. The Labute approximate surface area is 101 Å². The number of nitrogen functional groups attached to an aromatic ring is 1. The number of aryl methyl sites for hydroxylation is 2. The van der Waals surface area contributed by atoms with Crippen molar-refractivity contribution in [3.05, 3.63) is 47.2 Å². The van der Waals surface area contributed by atoms with Crippen molar-refractivity contribution in [3.8, 4) is 0 Å². The number of fused-ring (bicyclic) bond motifs is 1. The van der Waals surface area contributed by atoms with Gasteiger partial charge < -0.3 is 5.73 Å². The molecule has 3 rings (SSSR count). The highest BCUT2D eigenvalue weighted by Gasteiger charge is 2.23. The second-order valence-electron chi connectivity index (χ2n) is 4.76. The first-order valence-electron chi connectivity index (χ1n) is 6.15. The van der Waals surface area contributed by atoms with Crippen LogP contribution in [0.2, 0.25) is 0 Å². The van der Waals surface area contributed by atoms with E-state index in [9.17, 15) is 0 Å². The number of hydrogen-bond acceptors (Lipinski definition) is 2. The Balaban J connectivity index is 2.09. The van der Waals surface area contributed by atoms with Crippen LogP contribution in [0.15, 0.2) is 30.5 Å². The second kappa shape index (κ2) is 3.91. The molecule has 0 amide bonds. The van der Waals surface area contributed by atoms with Crippen LogP contribution >= 0.6 is 0 Å². The minimum absolute atomic E-state index is 0.314. The molecule has 1 aromatic heterocycles. The summed E-state index contributed by atoms with van der Waals surface area (Å²) in [5.41, 5.74) is 9.98. The van der Waals surface area contributed by atoms with Crippen LogP contribution in [0.25, 0.3) is 0 Å². The zero-order chi connectivity index (χ0) is 11.8. The van der Waals surface area contributed by atoms with Crippen LogP contribution in [-0.4, -0.2) is 9.78 Å². The quantitative estimate of drug-likeness (QED) is 0.814. The lowest BCUT2D eigenvalue weighted by Gasteiger charge is -2.26. The number of hydrogen-bond donors (Lipinski definition) is 1. The number of aromatic nitrogens is 2. The molecule has 0 unspecified atom stereocenters. The summed E-state index contributed by atoms with van der Waals surface area (Å²) in [7, 11) is 0. The van der Waals surface area contributed by atoms with Gasteiger partial charge in [0.15, 0.2) is 0 Å². The Morgan fingerprint density at radius 1 is 1.35 bits per heavy atom. The summed E-state index contributed by atoms with van der Waals surface area (Å²) in [6, 6.07) is 8.94. The summed E-state index contributed by atoms with van der Waals surface area (Å²) >= 11 is 0. The van der Waals surface area contributed by atoms with E-state index in [2.05, 4.69) is 29.4 Å². The van der Waals surface area contributed by atoms with E-state index in [1.54, 1.807) is 0 Å². The highest BCUT2D eigenvalue weighted by Crippen LogP contribution is 2.34. The summed E-state index contributed by atoms with van der Waals surface area (Å²) in [6.45, 7) is 2.01. The van der Waals surface area contributed by atoms with Gasteiger partial charge in [-0.15, -0.1) is 0 Å². The molecule has 3 heteroatoms. The first-order chi connectivity index (χ1) is 8.27. The van der Waals surface area contributed by atoms with Crippen LogP contribution in [0, 0.1) is 6.92 Å². The molecule has 0 radical (unpaired) electrons. The average molecular weight is 227 g/mol. The van der Waals surface area contributed by atoms with E-state index in [-0.39, 0.29) is 0 Å². The van der Waals surface area contributed by atoms with E-state index in [0.29, 0.717) is 6.04 Å². The SMILES string of the molecule is Cc1cnn([C@@H]2CCCc3ccccc32)c1N. The van der Waals surface area contributed by atoms with Crippen molar-refractivity contribution in [1.82, 2.24) is 9.78 Å². The molecule has 0 aliphatic heterocycles. The Kier molecular flexibility index (Phi) is 2.39. The van der Waals surface area contributed by atoms with Crippen molar-refractivity contribution in [2.24, 2.45) is 0 Å². The monoisotopic (exact) mass is 227 g/mol. The number of benzene rings is 1. The van der Waals surface area contributed by atoms with Gasteiger partial charge in [0, 0.05) is 5.56 Å². The highest BCUT2D eigenvalue weighted by atomic mass is 15.3. The fraction of sp³-hybridized carbons (Fsp3) is 0.357. The van der Waals surface area contributed by atoms with E-state index in [0.717, 1.165) is 17.8 Å². The average Bonchev–Trinajstić information content (AvgIpc) is 2.69. The highest BCUT2D eigenvalue weighted by molar-refractivity contribution is 5.41. The summed E-state index contributed by atoms with van der Waals surface area (Å²) in [6.07, 6.45) is 5.36. The number of nitrogens with two attached hydrogens (primary N) is 1. The van der Waals surface area contributed by atoms with Gasteiger partial charge in [-0.3, -0.25) is 0 Å². The zero-order valence-electron chi connectivity index (χ0n) is 10.1. The molecule has 0 bridgehead atoms. The summed E-state index contributed by atoms with van der Waals surface area (Å²) in [5.74, 6) is 0.798. The molecule has 1 aliphatic rings. The predicted molar refractivity (Wildman–Crippen MR) is 68.9 cm³/mol. The van der Waals surface area contributed by atoms with Gasteiger partial charge >= 0.3 is 0 Å². The molecule has 0 saturated heterocycles. The van der Waals surface area contributed by atoms with Crippen LogP contribution in [0.1, 0.15) is 35.6 Å². The van der Waals surface area contributed by atoms with Crippen LogP contribution < -0.4 is 5.73 Å². The molecule has 1 aromatic carbocycles. The molecule has 1 heterocycles. The lowest BCUT2D eigenvalue weighted by Crippen LogP contribution is -2.19. The first kappa shape index (κ1) is 10.4. The largest absolute Gasteiger partial charge is 0.384 e. The van der Waals surface area contributed by atoms with E-state index in [1.807, 2.05) is 17.8 Å². The van der Waals surface area contributed by atoms with Gasteiger partial charge in [0.2, 0.25) is 0 Å². The Hall–Kier alpha value is -1.77. The lowest BCUT2D eigenvalue weighted by molar-refractivity contribution is 0.456. The molecule has 88 valence electrons. The van der Waals surface area contributed by atoms with Crippen molar-refractivity contribution in [1.29, 1.82) is 0 Å². The first-order valence-corrected chi connectivity index (χ1v) is 6.15. The number of nitrogens with zero attached hydrogens (tertiary/aromatic N) is 2. The summed E-state index contributed by atoms with van der Waals surface area (Å²) in [4.78, 5) is 0. The van der Waals surface area contributed by atoms with Crippen LogP contribution in [-0.2, 0) is 6.42 Å². The zero-order valence-corrected chi connectivity index (χ0v) is 10.1. The molecule has 17 heavy (non-hydrogen) atoms. The topological polar surface area (TPSA) is 43.8 Å². The third-order valence-corrected chi connectivity index (χ3v) is 3.66. The molecular formula is C14H17N3. The van der Waals surface area contributed by atoms with Crippen LogP contribution in [0.4, 0.5) is 5.82 Å². The third kappa shape index (κ3) is 1.62. The molecule has 1 aliphatic carbocycles. The summed E-state index contributed by atoms with van der Waals surface area (Å²) in [5, 5.41) is 4.43. The standard InChI is InChI=1S/C14H17N3/c1-10-9-16-17(14(10)15)13-8-4-6-11-5-2-3-7-12(11)13/h2-3,5,7,9,13H,4,6,8,15H2,1H3/t13-/m1/s1. The third-order valence-electron chi connectivity index (χ3n) is 3.66. The minimum atomic E-state index is 0.314. The van der Waals surface area contributed by atoms with Crippen molar-refractivity contribution in [3.63, 3.8) is 0 Å². The lowest BCUT2D eigenvalue weighted by atomic mass is 9.88. The fourth-order valence-corrected chi connectivity index (χ4v) is 2.69. The molecule has 3 nitrogen and oxygen atoms in total. The van der Waals surface area contributed by atoms with Crippen LogP contribution in [0.3, 0.4) is 0 Å². The van der Waals surface area contributed by atoms with E-state index in [1.165, 1.54) is 24.0 Å². The smallest absolute Gasteiger partial charge is 0.125 e. The Morgan fingerprint density at radius 2 is 2.18 bits per heavy atom. The van der Waals surface area contributed by atoms with Crippen molar-refractivity contribution < 1.29 is 0 Å². The van der Waals surface area contributed by atoms with E-state index >= 15 is 0 Å². The number of anilines is 1. The van der Waals surface area contributed by atoms with Gasteiger partial charge in [0.05, 0.1) is 12.2 Å². The van der Waals surface area contributed by atoms with Gasteiger partial charge in [-0.2, -0.15) is 5.10 Å². The maximum atomic E-state index is 6.09. The normalized spacial score (nSPS) is 19.0. The molecule has 0 spiro atoms. The van der Waals surface area contributed by atoms with Gasteiger partial charge in [0.1, 0.15) is 5.82 Å². The van der Waals surface area contributed by atoms with Crippen molar-refractivity contribution in [2.75, 3.05) is 5.73 Å². The van der Waals surface area contributed by atoms with Crippen molar-refractivity contribution >= 4 is 5.82 Å². The maximum Gasteiger partial charge on any atom is 0.125 e. The molecule has 0 fully saturated rings. The van der Waals surface area contributed by atoms with Crippen molar-refractivity contribution in [2.45, 2.75) is 32.2 Å². The molecule has 1 atom stereocenters. The molecular weight excluding hydrogens is 210 g/mol. The van der Waals surface area contributed by atoms with Gasteiger partial charge in [-0.25, -0.2) is 4.68 Å². The predicted octanol–water partition coefficient (Wildman–Crippen LogP) is 2.70. The molecule has 0 saturated carbocycles. The van der Waals surface area contributed by atoms with E-state index in [4.69, 9.17) is 5.73 Å². The summed E-state index contributed by atoms with van der Waals surface area (Å²) < 4.78 is 1.98. The maximum absolute atomic E-state index is 6.09. The fourth-order valence-electron chi connectivity index (χ4n) is 2.69. The van der Waals surface area contributed by atoms with Gasteiger partial charge in [-0.1, -0.05) is 24.3 Å². The number of rotatable bonds is 1. The van der Waals surface area contributed by atoms with Gasteiger partial charge in [-0.05, 0) is 37.3 Å². The Bertz CT molecular complexity index is 542.